The van der Waals surface area contributed by atoms with Crippen molar-refractivity contribution in [3.05, 3.63) is 58.6 Å². The minimum absolute atomic E-state index is 0.137. The first-order valence-corrected chi connectivity index (χ1v) is 10.9. The number of nitrogens with zero attached hydrogens (tertiary/aromatic N) is 3. The van der Waals surface area contributed by atoms with Crippen LogP contribution in [0.15, 0.2) is 47.8 Å². The zero-order chi connectivity index (χ0) is 20.1. The number of carbonyl (C=O) groups excluding carboxylic acids is 1. The molecule has 1 aliphatic rings. The first-order chi connectivity index (χ1) is 14.2. The van der Waals surface area contributed by atoms with Gasteiger partial charge in [-0.25, -0.2) is 4.68 Å². The molecule has 1 N–H and O–H groups in total. The summed E-state index contributed by atoms with van der Waals surface area (Å²) in [6.45, 7) is 5.07. The topological polar surface area (TPSA) is 59.4 Å². The van der Waals surface area contributed by atoms with Crippen LogP contribution in [0, 0.1) is 0 Å². The van der Waals surface area contributed by atoms with Crippen molar-refractivity contribution in [1.29, 1.82) is 0 Å². The van der Waals surface area contributed by atoms with Gasteiger partial charge in [-0.05, 0) is 48.7 Å². The Morgan fingerprint density at radius 2 is 2.07 bits per heavy atom. The van der Waals surface area contributed by atoms with Gasteiger partial charge in [-0.15, -0.1) is 11.3 Å². The van der Waals surface area contributed by atoms with E-state index in [1.807, 2.05) is 41.8 Å². The number of thiophene rings is 1. The number of morpholine rings is 1. The van der Waals surface area contributed by atoms with Crippen molar-refractivity contribution >= 4 is 28.8 Å². The van der Waals surface area contributed by atoms with Crippen LogP contribution >= 0.6 is 22.9 Å². The Bertz CT molecular complexity index is 952. The lowest BCUT2D eigenvalue weighted by Gasteiger charge is -2.26. The molecule has 6 nitrogen and oxygen atoms in total. The fraction of sp³-hybridized carbons (Fsp3) is 0.333. The molecule has 1 amide bonds. The molecule has 0 radical (unpaired) electrons. The predicted molar refractivity (Wildman–Crippen MR) is 116 cm³/mol. The van der Waals surface area contributed by atoms with Gasteiger partial charge in [0.05, 0.1) is 23.8 Å². The molecule has 1 saturated heterocycles. The highest BCUT2D eigenvalue weighted by atomic mass is 35.5. The van der Waals surface area contributed by atoms with Crippen molar-refractivity contribution in [2.45, 2.75) is 6.42 Å². The SMILES string of the molecule is O=C(NCCCN1CCOCC1)c1cc(-c2cccs2)nn1-c1cccc(Cl)c1. The molecule has 3 heterocycles. The van der Waals surface area contributed by atoms with Crippen LogP contribution in [0.4, 0.5) is 0 Å². The molecule has 3 aromatic rings. The fourth-order valence-corrected chi connectivity index (χ4v) is 4.18. The molecule has 0 saturated carbocycles. The largest absolute Gasteiger partial charge is 0.379 e. The molecule has 8 heteroatoms. The van der Waals surface area contributed by atoms with Crippen LogP contribution in [0.2, 0.25) is 5.02 Å². The van der Waals surface area contributed by atoms with Gasteiger partial charge in [0.15, 0.2) is 0 Å². The third kappa shape index (κ3) is 5.05. The standard InChI is InChI=1S/C21H23ClN4O2S/c22-16-4-1-5-17(14-16)26-19(15-18(24-26)20-6-2-13-29-20)21(27)23-7-3-8-25-9-11-28-12-10-25/h1-2,4-6,13-15H,3,7-12H2,(H,23,27). The summed E-state index contributed by atoms with van der Waals surface area (Å²) in [6, 6.07) is 13.2. The Kier molecular flexibility index (Phi) is 6.61. The summed E-state index contributed by atoms with van der Waals surface area (Å²) in [6.07, 6.45) is 0.898. The molecular weight excluding hydrogens is 408 g/mol. The highest BCUT2D eigenvalue weighted by Gasteiger charge is 2.18. The van der Waals surface area contributed by atoms with E-state index >= 15 is 0 Å². The predicted octanol–water partition coefficient (Wildman–Crippen LogP) is 3.71. The summed E-state index contributed by atoms with van der Waals surface area (Å²) < 4.78 is 7.03. The number of rotatable bonds is 7. The monoisotopic (exact) mass is 430 g/mol. The number of hydrogen-bond acceptors (Lipinski definition) is 5. The van der Waals surface area contributed by atoms with Crippen molar-refractivity contribution in [1.82, 2.24) is 20.0 Å². The summed E-state index contributed by atoms with van der Waals surface area (Å²) in [5.74, 6) is -0.137. The van der Waals surface area contributed by atoms with Crippen molar-refractivity contribution in [3.8, 4) is 16.3 Å². The average molecular weight is 431 g/mol. The van der Waals surface area contributed by atoms with Gasteiger partial charge in [-0.2, -0.15) is 5.10 Å². The molecule has 29 heavy (non-hydrogen) atoms. The third-order valence-electron chi connectivity index (χ3n) is 4.81. The maximum atomic E-state index is 12.9. The number of benzene rings is 1. The summed E-state index contributed by atoms with van der Waals surface area (Å²) in [7, 11) is 0. The molecule has 1 aliphatic heterocycles. The van der Waals surface area contributed by atoms with Gasteiger partial charge >= 0.3 is 0 Å². The van der Waals surface area contributed by atoms with Crippen molar-refractivity contribution in [2.24, 2.45) is 0 Å². The van der Waals surface area contributed by atoms with E-state index in [0.717, 1.165) is 55.5 Å². The number of halogens is 1. The molecule has 1 fully saturated rings. The summed E-state index contributed by atoms with van der Waals surface area (Å²) in [5.41, 5.74) is 2.04. The lowest BCUT2D eigenvalue weighted by Crippen LogP contribution is -2.38. The van der Waals surface area contributed by atoms with Crippen LogP contribution < -0.4 is 5.32 Å². The van der Waals surface area contributed by atoms with E-state index in [9.17, 15) is 4.79 Å². The average Bonchev–Trinajstić information content (AvgIpc) is 3.41. The van der Waals surface area contributed by atoms with Crippen molar-refractivity contribution < 1.29 is 9.53 Å². The molecular formula is C21H23ClN4O2S. The number of amides is 1. The van der Waals surface area contributed by atoms with Gasteiger partial charge in [0.2, 0.25) is 0 Å². The highest BCUT2D eigenvalue weighted by Crippen LogP contribution is 2.26. The van der Waals surface area contributed by atoms with Gasteiger partial charge in [-0.3, -0.25) is 9.69 Å². The van der Waals surface area contributed by atoms with Crippen LogP contribution in [0.1, 0.15) is 16.9 Å². The molecule has 0 bridgehead atoms. The Hall–Kier alpha value is -2.19. The van der Waals surface area contributed by atoms with Gasteiger partial charge in [0.25, 0.3) is 5.91 Å². The molecule has 0 atom stereocenters. The number of aromatic nitrogens is 2. The smallest absolute Gasteiger partial charge is 0.270 e. The summed E-state index contributed by atoms with van der Waals surface area (Å²) in [5, 5.41) is 10.3. The highest BCUT2D eigenvalue weighted by molar-refractivity contribution is 7.13. The molecule has 0 aliphatic carbocycles. The molecule has 0 spiro atoms. The Morgan fingerprint density at radius 1 is 1.21 bits per heavy atom. The van der Waals surface area contributed by atoms with Gasteiger partial charge in [-0.1, -0.05) is 23.7 Å². The molecule has 152 valence electrons. The first-order valence-electron chi connectivity index (χ1n) is 9.69. The normalized spacial score (nSPS) is 14.8. The van der Waals surface area contributed by atoms with Crippen LogP contribution in [-0.2, 0) is 4.74 Å². The molecule has 0 unspecified atom stereocenters. The lowest BCUT2D eigenvalue weighted by molar-refractivity contribution is 0.0374. The maximum absolute atomic E-state index is 12.9. The van der Waals surface area contributed by atoms with E-state index in [-0.39, 0.29) is 5.91 Å². The van der Waals surface area contributed by atoms with E-state index in [0.29, 0.717) is 17.3 Å². The number of ether oxygens (including phenoxy) is 1. The number of nitrogens with one attached hydrogen (secondary N) is 1. The number of hydrogen-bond donors (Lipinski definition) is 1. The second kappa shape index (κ2) is 9.54. The van der Waals surface area contributed by atoms with Gasteiger partial charge in [0.1, 0.15) is 11.4 Å². The second-order valence-electron chi connectivity index (χ2n) is 6.85. The summed E-state index contributed by atoms with van der Waals surface area (Å²) in [4.78, 5) is 16.3. The Morgan fingerprint density at radius 3 is 2.83 bits per heavy atom. The van der Waals surface area contributed by atoms with Crippen LogP contribution in [0.25, 0.3) is 16.3 Å². The lowest BCUT2D eigenvalue weighted by atomic mass is 10.2. The minimum Gasteiger partial charge on any atom is -0.379 e. The quantitative estimate of drug-likeness (QED) is 0.580. The van der Waals surface area contributed by atoms with Crippen molar-refractivity contribution in [2.75, 3.05) is 39.4 Å². The van der Waals surface area contributed by atoms with Crippen molar-refractivity contribution in [3.63, 3.8) is 0 Å². The second-order valence-corrected chi connectivity index (χ2v) is 8.23. The zero-order valence-electron chi connectivity index (χ0n) is 16.0. The third-order valence-corrected chi connectivity index (χ3v) is 5.94. The Labute approximate surface area is 179 Å². The van der Waals surface area contributed by atoms with Crippen LogP contribution in [0.3, 0.4) is 0 Å². The fourth-order valence-electron chi connectivity index (χ4n) is 3.31. The van der Waals surface area contributed by atoms with E-state index in [2.05, 4.69) is 15.3 Å². The summed E-state index contributed by atoms with van der Waals surface area (Å²) >= 11 is 7.75. The van der Waals surface area contributed by atoms with E-state index < -0.39 is 0 Å². The first kappa shape index (κ1) is 20.1. The Balaban J connectivity index is 1.48. The van der Waals surface area contributed by atoms with E-state index in [4.69, 9.17) is 16.3 Å². The van der Waals surface area contributed by atoms with Gasteiger partial charge in [0, 0.05) is 24.7 Å². The minimum atomic E-state index is -0.137. The van der Waals surface area contributed by atoms with E-state index in [1.54, 1.807) is 22.1 Å². The van der Waals surface area contributed by atoms with E-state index in [1.165, 1.54) is 0 Å². The van der Waals surface area contributed by atoms with Gasteiger partial charge < -0.3 is 10.1 Å². The molecule has 2 aromatic heterocycles. The zero-order valence-corrected chi connectivity index (χ0v) is 17.6. The molecule has 4 rings (SSSR count). The number of carbonyl (C=O) groups is 1. The van der Waals surface area contributed by atoms with Crippen LogP contribution in [-0.4, -0.2) is 60.0 Å². The maximum Gasteiger partial charge on any atom is 0.270 e. The van der Waals surface area contributed by atoms with Crippen LogP contribution in [0.5, 0.6) is 0 Å². The molecule has 1 aromatic carbocycles.